The Balaban J connectivity index is 2.20. The SMILES string of the molecule is CCOC(OCC)c1sc(=S)sc1CNS(=O)(=O)c1ccc(C)cc1. The summed E-state index contributed by atoms with van der Waals surface area (Å²) in [5, 5.41) is 0. The number of sulfonamides is 1. The summed E-state index contributed by atoms with van der Waals surface area (Å²) in [4.78, 5) is 1.88. The van der Waals surface area contributed by atoms with Crippen LogP contribution in [0, 0.1) is 10.1 Å². The highest BCUT2D eigenvalue weighted by Crippen LogP contribution is 2.33. The van der Waals surface area contributed by atoms with Gasteiger partial charge < -0.3 is 9.47 Å². The zero-order chi connectivity index (χ0) is 18.4. The van der Waals surface area contributed by atoms with E-state index in [2.05, 4.69) is 4.72 Å². The summed E-state index contributed by atoms with van der Waals surface area (Å²) in [5.74, 6) is 0. The van der Waals surface area contributed by atoms with Gasteiger partial charge in [0.15, 0.2) is 6.29 Å². The minimum absolute atomic E-state index is 0.153. The van der Waals surface area contributed by atoms with E-state index in [0.29, 0.717) is 16.4 Å². The number of nitrogens with one attached hydrogen (secondary N) is 1. The largest absolute Gasteiger partial charge is 0.348 e. The normalized spacial score (nSPS) is 12.0. The molecule has 5 nitrogen and oxygen atoms in total. The zero-order valence-electron chi connectivity index (χ0n) is 14.3. The van der Waals surface area contributed by atoms with Crippen molar-refractivity contribution in [3.05, 3.63) is 42.7 Å². The van der Waals surface area contributed by atoms with Crippen LogP contribution in [-0.4, -0.2) is 21.6 Å². The summed E-state index contributed by atoms with van der Waals surface area (Å²) < 4.78 is 39.5. The lowest BCUT2D eigenvalue weighted by atomic mass is 10.2. The molecule has 0 bridgehead atoms. The van der Waals surface area contributed by atoms with Gasteiger partial charge in [0.25, 0.3) is 0 Å². The molecule has 0 aliphatic carbocycles. The van der Waals surface area contributed by atoms with Crippen LogP contribution in [0.4, 0.5) is 0 Å². The summed E-state index contributed by atoms with van der Waals surface area (Å²) in [6.45, 7) is 6.83. The molecule has 0 saturated heterocycles. The lowest BCUT2D eigenvalue weighted by Gasteiger charge is -2.17. The van der Waals surface area contributed by atoms with Crippen molar-refractivity contribution in [2.75, 3.05) is 13.2 Å². The fraction of sp³-hybridized carbons (Fsp3) is 0.438. The first-order valence-electron chi connectivity index (χ1n) is 7.79. The molecule has 0 saturated carbocycles. The first-order valence-corrected chi connectivity index (χ1v) is 11.3. The van der Waals surface area contributed by atoms with Crippen molar-refractivity contribution in [1.29, 1.82) is 0 Å². The molecule has 138 valence electrons. The molecule has 25 heavy (non-hydrogen) atoms. The minimum Gasteiger partial charge on any atom is -0.348 e. The monoisotopic (exact) mass is 419 g/mol. The molecule has 0 atom stereocenters. The molecule has 1 N–H and O–H groups in total. The Hall–Kier alpha value is -0.680. The Morgan fingerprint density at radius 1 is 1.12 bits per heavy atom. The van der Waals surface area contributed by atoms with Crippen molar-refractivity contribution in [1.82, 2.24) is 4.72 Å². The maximum Gasteiger partial charge on any atom is 0.240 e. The van der Waals surface area contributed by atoms with Gasteiger partial charge in [-0.3, -0.25) is 0 Å². The quantitative estimate of drug-likeness (QED) is 0.482. The van der Waals surface area contributed by atoms with Crippen LogP contribution >= 0.6 is 34.9 Å². The molecule has 0 amide bonds. The van der Waals surface area contributed by atoms with Gasteiger partial charge >= 0.3 is 0 Å². The van der Waals surface area contributed by atoms with Gasteiger partial charge in [-0.2, -0.15) is 0 Å². The van der Waals surface area contributed by atoms with Crippen molar-refractivity contribution >= 4 is 44.9 Å². The van der Waals surface area contributed by atoms with Gasteiger partial charge in [-0.05, 0) is 32.9 Å². The maximum absolute atomic E-state index is 12.5. The molecule has 0 fully saturated rings. The van der Waals surface area contributed by atoms with Crippen LogP contribution in [-0.2, 0) is 26.0 Å². The second kappa shape index (κ2) is 9.31. The molecule has 1 heterocycles. The van der Waals surface area contributed by atoms with E-state index >= 15 is 0 Å². The predicted molar refractivity (Wildman–Crippen MR) is 104 cm³/mol. The minimum atomic E-state index is -3.59. The van der Waals surface area contributed by atoms with Crippen molar-refractivity contribution in [3.63, 3.8) is 0 Å². The molecular weight excluding hydrogens is 398 g/mol. The molecule has 9 heteroatoms. The highest BCUT2D eigenvalue weighted by Gasteiger charge is 2.21. The molecule has 0 aliphatic rings. The van der Waals surface area contributed by atoms with Gasteiger partial charge in [0, 0.05) is 24.6 Å². The molecule has 2 rings (SSSR count). The van der Waals surface area contributed by atoms with E-state index in [-0.39, 0.29) is 11.4 Å². The zero-order valence-corrected chi connectivity index (χ0v) is 17.5. The van der Waals surface area contributed by atoms with E-state index in [1.54, 1.807) is 24.3 Å². The van der Waals surface area contributed by atoms with Crippen molar-refractivity contribution < 1.29 is 17.9 Å². The lowest BCUT2D eigenvalue weighted by Crippen LogP contribution is -2.23. The van der Waals surface area contributed by atoms with Crippen LogP contribution in [0.1, 0.15) is 35.5 Å². The Morgan fingerprint density at radius 3 is 2.28 bits per heavy atom. The summed E-state index contributed by atoms with van der Waals surface area (Å²) in [6, 6.07) is 6.73. The smallest absolute Gasteiger partial charge is 0.240 e. The Labute approximate surface area is 161 Å². The third-order valence-corrected chi connectivity index (χ3v) is 7.43. The standard InChI is InChI=1S/C16H21NO4S4/c1-4-20-15(21-5-2)14-13(23-16(22)24-14)10-17-25(18,19)12-8-6-11(3)7-9-12/h6-9,15,17H,4-5,10H2,1-3H3. The molecule has 0 spiro atoms. The van der Waals surface area contributed by atoms with E-state index in [1.165, 1.54) is 22.7 Å². The highest BCUT2D eigenvalue weighted by atomic mass is 32.2. The Kier molecular flexibility index (Phi) is 7.68. The number of hydrogen-bond donors (Lipinski definition) is 1. The van der Waals surface area contributed by atoms with Crippen LogP contribution in [0.3, 0.4) is 0 Å². The van der Waals surface area contributed by atoms with E-state index in [9.17, 15) is 8.42 Å². The first kappa shape index (κ1) is 20.6. The number of rotatable bonds is 9. The van der Waals surface area contributed by atoms with Gasteiger partial charge in [-0.15, -0.1) is 22.7 Å². The summed E-state index contributed by atoms with van der Waals surface area (Å²) in [5.41, 5.74) is 1.01. The second-order valence-corrected chi connectivity index (χ2v) is 10.2. The number of ether oxygens (including phenoxy) is 2. The molecule has 0 aliphatic heterocycles. The lowest BCUT2D eigenvalue weighted by molar-refractivity contribution is -0.138. The fourth-order valence-electron chi connectivity index (χ4n) is 2.08. The van der Waals surface area contributed by atoms with Gasteiger partial charge in [0.2, 0.25) is 10.0 Å². The van der Waals surface area contributed by atoms with Crippen LogP contribution in [0.2, 0.25) is 0 Å². The molecular formula is C16H21NO4S4. The molecule has 1 aromatic carbocycles. The fourth-order valence-corrected chi connectivity index (χ4v) is 5.87. The van der Waals surface area contributed by atoms with Gasteiger partial charge in [0.1, 0.15) is 3.14 Å². The molecule has 0 unspecified atom stereocenters. The summed E-state index contributed by atoms with van der Waals surface area (Å²) in [6.07, 6.45) is -0.521. The van der Waals surface area contributed by atoms with E-state index in [1.807, 2.05) is 20.8 Å². The topological polar surface area (TPSA) is 64.6 Å². The third kappa shape index (κ3) is 5.65. The molecule has 0 radical (unpaired) electrons. The second-order valence-electron chi connectivity index (χ2n) is 5.12. The predicted octanol–water partition coefficient (Wildman–Crippen LogP) is 4.40. The van der Waals surface area contributed by atoms with Crippen molar-refractivity contribution in [3.8, 4) is 0 Å². The van der Waals surface area contributed by atoms with Crippen molar-refractivity contribution in [2.45, 2.75) is 38.5 Å². The highest BCUT2D eigenvalue weighted by molar-refractivity contribution is 7.89. The number of aryl methyl sites for hydroxylation is 1. The van der Waals surface area contributed by atoms with E-state index in [4.69, 9.17) is 21.7 Å². The summed E-state index contributed by atoms with van der Waals surface area (Å²) in [7, 11) is -3.59. The van der Waals surface area contributed by atoms with E-state index in [0.717, 1.165) is 15.3 Å². The number of benzene rings is 1. The van der Waals surface area contributed by atoms with Crippen molar-refractivity contribution in [2.24, 2.45) is 0 Å². The van der Waals surface area contributed by atoms with Gasteiger partial charge in [-0.1, -0.05) is 29.9 Å². The average Bonchev–Trinajstić information content (AvgIpc) is 2.94. The van der Waals surface area contributed by atoms with Crippen LogP contribution in [0.15, 0.2) is 29.2 Å². The first-order chi connectivity index (χ1) is 11.9. The van der Waals surface area contributed by atoms with Crippen LogP contribution < -0.4 is 4.72 Å². The number of hydrogen-bond acceptors (Lipinski definition) is 7. The summed E-state index contributed by atoms with van der Waals surface area (Å²) >= 11 is 8.05. The average molecular weight is 420 g/mol. The van der Waals surface area contributed by atoms with Gasteiger partial charge in [-0.25, -0.2) is 13.1 Å². The van der Waals surface area contributed by atoms with Crippen LogP contribution in [0.5, 0.6) is 0 Å². The third-order valence-electron chi connectivity index (χ3n) is 3.28. The van der Waals surface area contributed by atoms with Gasteiger partial charge in [0.05, 0.1) is 9.77 Å². The Bertz CT molecular complexity index is 834. The molecule has 2 aromatic rings. The van der Waals surface area contributed by atoms with Crippen LogP contribution in [0.25, 0.3) is 0 Å². The molecule has 1 aromatic heterocycles. The Morgan fingerprint density at radius 2 is 1.72 bits per heavy atom. The maximum atomic E-state index is 12.5. The van der Waals surface area contributed by atoms with E-state index < -0.39 is 16.3 Å².